The molecule has 0 heterocycles. The summed E-state index contributed by atoms with van der Waals surface area (Å²) in [4.78, 5) is 11.8. The van der Waals surface area contributed by atoms with Gasteiger partial charge in [-0.1, -0.05) is 97.8 Å². The molecular weight excluding hydrogens is 296 g/mol. The molecule has 0 unspecified atom stereocenters. The van der Waals surface area contributed by atoms with E-state index in [1.165, 1.54) is 77.0 Å². The lowest BCUT2D eigenvalue weighted by molar-refractivity contribution is -0.144. The van der Waals surface area contributed by atoms with E-state index in [9.17, 15) is 4.79 Å². The zero-order chi connectivity index (χ0) is 18.1. The Hall–Kier alpha value is -0.370. The lowest BCUT2D eigenvalue weighted by Gasteiger charge is -2.29. The zero-order valence-corrected chi connectivity index (χ0v) is 17.1. The summed E-state index contributed by atoms with van der Waals surface area (Å²) in [6.45, 7) is 8.78. The first-order chi connectivity index (χ1) is 11.6. The summed E-state index contributed by atoms with van der Waals surface area (Å²) in [7, 11) is 0. The van der Waals surface area contributed by atoms with Crippen molar-refractivity contribution in [1.82, 2.24) is 0 Å². The second-order valence-electron chi connectivity index (χ2n) is 7.35. The minimum absolute atomic E-state index is 0.183. The molecule has 0 aromatic heterocycles. The van der Waals surface area contributed by atoms with E-state index in [2.05, 4.69) is 20.8 Å². The Morgan fingerprint density at radius 1 is 0.667 bits per heavy atom. The molecule has 0 aliphatic carbocycles. The Balaban J connectivity index is 3.38. The Labute approximate surface area is 152 Å². The fraction of sp³-hybridized carbons (Fsp3) is 0.955. The molecule has 24 heavy (non-hydrogen) atoms. The Morgan fingerprint density at radius 3 is 1.38 bits per heavy atom. The molecule has 0 amide bonds. The van der Waals surface area contributed by atoms with Gasteiger partial charge in [0.15, 0.2) is 5.78 Å². The monoisotopic (exact) mass is 340 g/mol. The van der Waals surface area contributed by atoms with E-state index in [1.807, 2.05) is 0 Å². The predicted molar refractivity (Wildman–Crippen MR) is 106 cm³/mol. The van der Waals surface area contributed by atoms with Crippen LogP contribution in [-0.4, -0.2) is 18.0 Å². The first-order valence-electron chi connectivity index (χ1n) is 10.8. The fourth-order valence-corrected chi connectivity index (χ4v) is 3.44. The average Bonchev–Trinajstić information content (AvgIpc) is 2.58. The van der Waals surface area contributed by atoms with Gasteiger partial charge in [0.1, 0.15) is 5.60 Å². The highest BCUT2D eigenvalue weighted by Crippen LogP contribution is 2.22. The van der Waals surface area contributed by atoms with Gasteiger partial charge < -0.3 is 4.74 Å². The van der Waals surface area contributed by atoms with Crippen LogP contribution in [0.1, 0.15) is 124 Å². The van der Waals surface area contributed by atoms with Gasteiger partial charge in [0, 0.05) is 6.61 Å². The molecule has 2 heteroatoms. The third kappa shape index (κ3) is 11.2. The summed E-state index contributed by atoms with van der Waals surface area (Å²) in [5.74, 6) is 0.183. The topological polar surface area (TPSA) is 26.3 Å². The lowest BCUT2D eigenvalue weighted by Crippen LogP contribution is -2.39. The molecule has 0 aromatic carbocycles. The quantitative estimate of drug-likeness (QED) is 0.246. The summed E-state index contributed by atoms with van der Waals surface area (Å²) in [5.41, 5.74) is -0.517. The van der Waals surface area contributed by atoms with Gasteiger partial charge in [-0.25, -0.2) is 0 Å². The van der Waals surface area contributed by atoms with E-state index >= 15 is 0 Å². The first-order valence-corrected chi connectivity index (χ1v) is 10.8. The number of Topliss-reactive ketones (excluding diaryl/α,β-unsaturated/α-hetero) is 1. The molecule has 0 aliphatic rings. The van der Waals surface area contributed by atoms with Crippen molar-refractivity contribution < 1.29 is 9.53 Å². The molecule has 0 bridgehead atoms. The molecule has 0 N–H and O–H groups in total. The van der Waals surface area contributed by atoms with Crippen LogP contribution in [0, 0.1) is 0 Å². The van der Waals surface area contributed by atoms with Crippen LogP contribution in [0.5, 0.6) is 0 Å². The van der Waals surface area contributed by atoms with Gasteiger partial charge in [-0.2, -0.15) is 0 Å². The number of ether oxygens (including phenoxy) is 1. The molecule has 144 valence electrons. The molecule has 2 nitrogen and oxygen atoms in total. The first kappa shape index (κ1) is 23.6. The zero-order valence-electron chi connectivity index (χ0n) is 17.1. The van der Waals surface area contributed by atoms with Crippen molar-refractivity contribution in [3.05, 3.63) is 0 Å². The van der Waals surface area contributed by atoms with E-state index in [1.54, 1.807) is 6.92 Å². The third-order valence-electron chi connectivity index (χ3n) is 5.41. The van der Waals surface area contributed by atoms with Crippen LogP contribution in [0.2, 0.25) is 0 Å². The van der Waals surface area contributed by atoms with E-state index in [0.29, 0.717) is 0 Å². The molecule has 0 aromatic rings. The van der Waals surface area contributed by atoms with Crippen LogP contribution in [0.15, 0.2) is 0 Å². The molecule has 0 saturated carbocycles. The number of carbonyl (C=O) groups excluding carboxylic acids is 1. The maximum atomic E-state index is 11.8. The Morgan fingerprint density at radius 2 is 1.04 bits per heavy atom. The van der Waals surface area contributed by atoms with Crippen LogP contribution in [0.4, 0.5) is 0 Å². The highest BCUT2D eigenvalue weighted by atomic mass is 16.5. The van der Waals surface area contributed by atoms with Crippen LogP contribution in [0.3, 0.4) is 0 Å². The lowest BCUT2D eigenvalue weighted by atomic mass is 9.93. The van der Waals surface area contributed by atoms with E-state index < -0.39 is 5.60 Å². The number of carbonyl (C=O) groups is 1. The number of rotatable bonds is 18. The summed E-state index contributed by atoms with van der Waals surface area (Å²) in [6.07, 6.45) is 19.3. The molecule has 0 rings (SSSR count). The minimum atomic E-state index is -0.517. The van der Waals surface area contributed by atoms with E-state index in [4.69, 9.17) is 4.74 Å². The smallest absolute Gasteiger partial charge is 0.161 e. The molecule has 0 atom stereocenters. The maximum Gasteiger partial charge on any atom is 0.161 e. The largest absolute Gasteiger partial charge is 0.367 e. The second-order valence-corrected chi connectivity index (χ2v) is 7.35. The van der Waals surface area contributed by atoms with Crippen molar-refractivity contribution in [2.45, 2.75) is 130 Å². The summed E-state index contributed by atoms with van der Waals surface area (Å²) in [6, 6.07) is 0. The highest BCUT2D eigenvalue weighted by molar-refractivity contribution is 5.84. The predicted octanol–water partition coefficient (Wildman–Crippen LogP) is 7.24. The van der Waals surface area contributed by atoms with Gasteiger partial charge in [-0.3, -0.25) is 4.79 Å². The van der Waals surface area contributed by atoms with Gasteiger partial charge in [-0.05, 0) is 26.2 Å². The van der Waals surface area contributed by atoms with E-state index in [0.717, 1.165) is 25.9 Å². The summed E-state index contributed by atoms with van der Waals surface area (Å²) in [5, 5.41) is 0. The van der Waals surface area contributed by atoms with Gasteiger partial charge >= 0.3 is 0 Å². The Kier molecular flexibility index (Phi) is 15.9. The number of unbranched alkanes of at least 4 members (excludes halogenated alkanes) is 12. The van der Waals surface area contributed by atoms with E-state index in [-0.39, 0.29) is 5.78 Å². The minimum Gasteiger partial charge on any atom is -0.367 e. The van der Waals surface area contributed by atoms with Crippen LogP contribution >= 0.6 is 0 Å². The van der Waals surface area contributed by atoms with Crippen molar-refractivity contribution in [2.24, 2.45) is 0 Å². The average molecular weight is 341 g/mol. The molecular formula is C22H44O2. The molecule has 0 radical (unpaired) electrons. The Bertz CT molecular complexity index is 282. The number of hydrogen-bond donors (Lipinski definition) is 0. The van der Waals surface area contributed by atoms with Gasteiger partial charge in [0.25, 0.3) is 0 Å². The third-order valence-corrected chi connectivity index (χ3v) is 5.41. The van der Waals surface area contributed by atoms with Crippen molar-refractivity contribution >= 4 is 5.78 Å². The summed E-state index contributed by atoms with van der Waals surface area (Å²) < 4.78 is 5.94. The SMILES string of the molecule is CCCCCCCCCCCCCCCOC(CC)(CC)C(C)=O. The fourth-order valence-electron chi connectivity index (χ4n) is 3.44. The molecule has 0 spiro atoms. The van der Waals surface area contributed by atoms with Crippen LogP contribution in [0.25, 0.3) is 0 Å². The van der Waals surface area contributed by atoms with Crippen molar-refractivity contribution in [3.8, 4) is 0 Å². The van der Waals surface area contributed by atoms with Crippen LogP contribution < -0.4 is 0 Å². The molecule has 0 aliphatic heterocycles. The molecule has 0 fully saturated rings. The second kappa shape index (κ2) is 16.1. The van der Waals surface area contributed by atoms with Crippen molar-refractivity contribution in [1.29, 1.82) is 0 Å². The van der Waals surface area contributed by atoms with Crippen molar-refractivity contribution in [2.75, 3.05) is 6.61 Å². The standard InChI is InChI=1S/C22H44O2/c1-5-8-9-10-11-12-13-14-15-16-17-18-19-20-24-22(6-2,7-3)21(4)23/h5-20H2,1-4H3. The van der Waals surface area contributed by atoms with Gasteiger partial charge in [0.05, 0.1) is 0 Å². The number of ketones is 1. The van der Waals surface area contributed by atoms with Crippen LogP contribution in [-0.2, 0) is 9.53 Å². The summed E-state index contributed by atoms with van der Waals surface area (Å²) >= 11 is 0. The normalized spacial score (nSPS) is 11.8. The number of hydrogen-bond acceptors (Lipinski definition) is 2. The van der Waals surface area contributed by atoms with Gasteiger partial charge in [0.2, 0.25) is 0 Å². The molecule has 0 saturated heterocycles. The highest BCUT2D eigenvalue weighted by Gasteiger charge is 2.31. The maximum absolute atomic E-state index is 11.8. The van der Waals surface area contributed by atoms with Crippen molar-refractivity contribution in [3.63, 3.8) is 0 Å². The van der Waals surface area contributed by atoms with Gasteiger partial charge in [-0.15, -0.1) is 0 Å².